The fraction of sp³-hybridized carbons (Fsp3) is 0.138. The van der Waals surface area contributed by atoms with E-state index < -0.39 is 5.41 Å². The van der Waals surface area contributed by atoms with Gasteiger partial charge in [0.2, 0.25) is 0 Å². The minimum atomic E-state index is -0.434. The summed E-state index contributed by atoms with van der Waals surface area (Å²) in [6, 6.07) is 65.7. The van der Waals surface area contributed by atoms with Crippen LogP contribution in [0.4, 0.5) is 17.1 Å². The van der Waals surface area contributed by atoms with Gasteiger partial charge in [-0.1, -0.05) is 183 Å². The van der Waals surface area contributed by atoms with Crippen LogP contribution in [-0.2, 0) is 10.8 Å². The molecule has 0 N–H and O–H groups in total. The lowest BCUT2D eigenvalue weighted by Gasteiger charge is -2.36. The van der Waals surface area contributed by atoms with Crippen LogP contribution in [0.2, 0.25) is 0 Å². The van der Waals surface area contributed by atoms with E-state index >= 15 is 0 Å². The molecule has 284 valence electrons. The van der Waals surface area contributed by atoms with Crippen molar-refractivity contribution in [1.82, 2.24) is 0 Å². The average Bonchev–Trinajstić information content (AvgIpc) is 3.73. The Hall–Kier alpha value is -6.70. The Balaban J connectivity index is 1.08. The summed E-state index contributed by atoms with van der Waals surface area (Å²) in [4.78, 5) is 2.50. The number of fused-ring (bicyclic) bond motifs is 4. The maximum absolute atomic E-state index is 2.52. The molecule has 0 atom stereocenters. The van der Waals surface area contributed by atoms with Crippen LogP contribution in [0.1, 0.15) is 72.9 Å². The van der Waals surface area contributed by atoms with Crippen molar-refractivity contribution in [3.63, 3.8) is 0 Å². The normalized spacial score (nSPS) is 16.7. The fourth-order valence-electron chi connectivity index (χ4n) is 10.7. The van der Waals surface area contributed by atoms with E-state index in [1.54, 1.807) is 5.57 Å². The monoisotopic (exact) mass is 757 g/mol. The third-order valence-corrected chi connectivity index (χ3v) is 13.6. The molecular formula is C58H47N. The van der Waals surface area contributed by atoms with Crippen molar-refractivity contribution >= 4 is 28.2 Å². The van der Waals surface area contributed by atoms with Crippen LogP contribution in [0.3, 0.4) is 0 Å². The Morgan fingerprint density at radius 1 is 0.441 bits per heavy atom. The van der Waals surface area contributed by atoms with E-state index in [0.29, 0.717) is 0 Å². The van der Waals surface area contributed by atoms with Gasteiger partial charge in [-0.2, -0.15) is 0 Å². The first-order chi connectivity index (χ1) is 29.0. The molecule has 0 unspecified atom stereocenters. The van der Waals surface area contributed by atoms with Crippen LogP contribution in [-0.4, -0.2) is 0 Å². The summed E-state index contributed by atoms with van der Waals surface area (Å²) in [5, 5.41) is 0. The van der Waals surface area contributed by atoms with Crippen molar-refractivity contribution in [2.75, 3.05) is 4.90 Å². The first-order valence-electron chi connectivity index (χ1n) is 21.3. The van der Waals surface area contributed by atoms with Crippen molar-refractivity contribution in [2.45, 2.75) is 50.4 Å². The van der Waals surface area contributed by atoms with Gasteiger partial charge in [0.1, 0.15) is 0 Å². The highest BCUT2D eigenvalue weighted by molar-refractivity contribution is 5.92. The number of allylic oxidation sites excluding steroid dienone is 8. The van der Waals surface area contributed by atoms with Crippen molar-refractivity contribution < 1.29 is 0 Å². The fourth-order valence-corrected chi connectivity index (χ4v) is 10.7. The lowest BCUT2D eigenvalue weighted by molar-refractivity contribution is 0.607. The molecule has 0 spiro atoms. The lowest BCUT2D eigenvalue weighted by atomic mass is 9.66. The van der Waals surface area contributed by atoms with Gasteiger partial charge in [0.15, 0.2) is 0 Å². The summed E-state index contributed by atoms with van der Waals surface area (Å²) in [5.74, 6) is 0. The third-order valence-electron chi connectivity index (χ3n) is 13.6. The number of anilines is 3. The van der Waals surface area contributed by atoms with Gasteiger partial charge in [-0.3, -0.25) is 0 Å². The predicted octanol–water partition coefficient (Wildman–Crippen LogP) is 15.3. The number of rotatable bonds is 7. The van der Waals surface area contributed by atoms with Crippen LogP contribution < -0.4 is 4.90 Å². The van der Waals surface area contributed by atoms with Gasteiger partial charge in [0.05, 0.1) is 5.41 Å². The quantitative estimate of drug-likeness (QED) is 0.157. The molecule has 0 amide bonds. The zero-order valence-corrected chi connectivity index (χ0v) is 33.8. The smallest absolute Gasteiger partial charge is 0.0710 e. The molecule has 0 radical (unpaired) electrons. The second-order valence-corrected chi connectivity index (χ2v) is 17.1. The summed E-state index contributed by atoms with van der Waals surface area (Å²) in [7, 11) is 0. The Labute approximate surface area is 349 Å². The molecule has 1 heteroatoms. The zero-order chi connectivity index (χ0) is 39.6. The maximum atomic E-state index is 2.52. The van der Waals surface area contributed by atoms with Crippen molar-refractivity contribution in [1.29, 1.82) is 0 Å². The number of nitrogens with zero attached hydrogens (tertiary/aromatic N) is 1. The molecule has 0 saturated carbocycles. The molecule has 7 aromatic rings. The van der Waals surface area contributed by atoms with Gasteiger partial charge in [-0.05, 0) is 134 Å². The summed E-state index contributed by atoms with van der Waals surface area (Å²) >= 11 is 0. The highest BCUT2D eigenvalue weighted by Crippen LogP contribution is 2.58. The zero-order valence-electron chi connectivity index (χ0n) is 33.8. The second-order valence-electron chi connectivity index (χ2n) is 17.1. The highest BCUT2D eigenvalue weighted by Gasteiger charge is 2.47. The molecule has 4 aliphatic rings. The van der Waals surface area contributed by atoms with Crippen LogP contribution in [0.25, 0.3) is 33.4 Å². The van der Waals surface area contributed by atoms with E-state index in [4.69, 9.17) is 0 Å². The maximum Gasteiger partial charge on any atom is 0.0710 e. The van der Waals surface area contributed by atoms with Crippen molar-refractivity contribution in [3.05, 3.63) is 245 Å². The van der Waals surface area contributed by atoms with Crippen LogP contribution in [0, 0.1) is 0 Å². The standard InChI is InChI=1S/C58H47N/c1-57(2)53-24-14-12-22-49(53)51-36-34-47(38-55(51)57)59(46-32-30-43(31-33-46)42-28-26-41(27-29-42)40-16-6-3-7-17-40)48-35-37-52-50-23-13-15-25-54(50)58(56(52)39-48,44-18-8-4-9-19-44)45-20-10-5-11-21-45/h3-12,15-22,25-39H,13-14,23-24H2,1-2H3. The van der Waals surface area contributed by atoms with Crippen LogP contribution in [0.5, 0.6) is 0 Å². The Kier molecular flexibility index (Phi) is 8.41. The summed E-state index contributed by atoms with van der Waals surface area (Å²) in [6.07, 6.45) is 13.9. The van der Waals surface area contributed by atoms with Crippen LogP contribution >= 0.6 is 0 Å². The summed E-state index contributed by atoms with van der Waals surface area (Å²) < 4.78 is 0. The highest BCUT2D eigenvalue weighted by atomic mass is 15.1. The Morgan fingerprint density at radius 3 is 1.56 bits per heavy atom. The SMILES string of the molecule is CC1(C)C2=C(C=CCC2)c2ccc(N(c3ccc(-c4ccc(-c5ccccc5)cc4)cc3)c3ccc4c(c3)C(c3ccccc3)(c3ccccc3)C3=C4CCC=C3)cc21. The van der Waals surface area contributed by atoms with Gasteiger partial charge in [-0.15, -0.1) is 0 Å². The van der Waals surface area contributed by atoms with Crippen LogP contribution in [0.15, 0.2) is 211 Å². The van der Waals surface area contributed by atoms with E-state index in [0.717, 1.165) is 37.1 Å². The molecular weight excluding hydrogens is 711 g/mol. The Morgan fingerprint density at radius 2 is 0.932 bits per heavy atom. The molecule has 0 aromatic heterocycles. The Bertz CT molecular complexity index is 2810. The number of hydrogen-bond acceptors (Lipinski definition) is 1. The largest absolute Gasteiger partial charge is 0.310 e. The molecule has 1 nitrogen and oxygen atoms in total. The second kappa shape index (κ2) is 14.0. The van der Waals surface area contributed by atoms with Gasteiger partial charge >= 0.3 is 0 Å². The van der Waals surface area contributed by atoms with E-state index in [2.05, 4.69) is 219 Å². The lowest BCUT2D eigenvalue weighted by Crippen LogP contribution is -2.29. The third kappa shape index (κ3) is 5.59. The first-order valence-corrected chi connectivity index (χ1v) is 21.3. The summed E-state index contributed by atoms with van der Waals surface area (Å²) in [6.45, 7) is 4.85. The van der Waals surface area contributed by atoms with E-state index in [-0.39, 0.29) is 5.41 Å². The number of hydrogen-bond donors (Lipinski definition) is 0. The molecule has 11 rings (SSSR count). The molecule has 59 heavy (non-hydrogen) atoms. The van der Waals surface area contributed by atoms with E-state index in [9.17, 15) is 0 Å². The minimum absolute atomic E-state index is 0.0319. The van der Waals surface area contributed by atoms with Gasteiger partial charge < -0.3 is 4.90 Å². The molecule has 0 saturated heterocycles. The average molecular weight is 758 g/mol. The molecule has 4 aliphatic carbocycles. The first kappa shape index (κ1) is 35.5. The van der Waals surface area contributed by atoms with E-state index in [1.807, 2.05) is 0 Å². The molecule has 0 bridgehead atoms. The van der Waals surface area contributed by atoms with Gasteiger partial charge in [0, 0.05) is 22.5 Å². The molecule has 0 fully saturated rings. The van der Waals surface area contributed by atoms with Gasteiger partial charge in [0.25, 0.3) is 0 Å². The predicted molar refractivity (Wildman–Crippen MR) is 248 cm³/mol. The molecule has 0 aliphatic heterocycles. The summed E-state index contributed by atoms with van der Waals surface area (Å²) in [5.41, 5.74) is 21.9. The molecule has 7 aromatic carbocycles. The van der Waals surface area contributed by atoms with Gasteiger partial charge in [-0.25, -0.2) is 0 Å². The minimum Gasteiger partial charge on any atom is -0.310 e. The number of benzene rings is 7. The van der Waals surface area contributed by atoms with Crippen molar-refractivity contribution in [3.8, 4) is 22.3 Å². The topological polar surface area (TPSA) is 3.24 Å². The molecule has 0 heterocycles. The van der Waals surface area contributed by atoms with Crippen molar-refractivity contribution in [2.24, 2.45) is 0 Å². The van der Waals surface area contributed by atoms with E-state index in [1.165, 1.54) is 78.0 Å².